The lowest BCUT2D eigenvalue weighted by Gasteiger charge is -2.13. The van der Waals surface area contributed by atoms with Crippen LogP contribution in [0, 0.1) is 0 Å². The molecular formula is C17H17BrN2O7S3. The molecule has 9 nitrogen and oxygen atoms in total. The van der Waals surface area contributed by atoms with Crippen molar-refractivity contribution < 1.29 is 31.2 Å². The van der Waals surface area contributed by atoms with Gasteiger partial charge in [-0.3, -0.25) is 9.52 Å². The third-order valence-corrected chi connectivity index (χ3v) is 9.39. The molecule has 2 heterocycles. The fourth-order valence-electron chi connectivity index (χ4n) is 2.77. The van der Waals surface area contributed by atoms with E-state index in [9.17, 15) is 26.4 Å². The Balaban J connectivity index is 1.63. The third-order valence-electron chi connectivity index (χ3n) is 4.14. The number of para-hydroxylation sites is 1. The van der Waals surface area contributed by atoms with E-state index in [1.807, 2.05) is 0 Å². The van der Waals surface area contributed by atoms with Crippen LogP contribution in [0.25, 0.3) is 0 Å². The number of ether oxygens (including phenoxy) is 1. The molecule has 2 aromatic rings. The highest BCUT2D eigenvalue weighted by molar-refractivity contribution is 9.11. The number of carbonyl (C=O) groups excluding carboxylic acids is 2. The first-order valence-electron chi connectivity index (χ1n) is 8.60. The van der Waals surface area contributed by atoms with Gasteiger partial charge >= 0.3 is 5.97 Å². The molecule has 13 heteroatoms. The van der Waals surface area contributed by atoms with Crippen molar-refractivity contribution in [3.63, 3.8) is 0 Å². The summed E-state index contributed by atoms with van der Waals surface area (Å²) in [7, 11) is -7.06. The average molecular weight is 537 g/mol. The second-order valence-corrected chi connectivity index (χ2v) is 13.1. The van der Waals surface area contributed by atoms with E-state index in [-0.39, 0.29) is 27.0 Å². The van der Waals surface area contributed by atoms with Gasteiger partial charge in [-0.05, 0) is 46.6 Å². The maximum Gasteiger partial charge on any atom is 0.340 e. The van der Waals surface area contributed by atoms with E-state index in [1.165, 1.54) is 24.3 Å². The van der Waals surface area contributed by atoms with Crippen molar-refractivity contribution >= 4 is 64.7 Å². The van der Waals surface area contributed by atoms with Gasteiger partial charge in [-0.2, -0.15) is 0 Å². The molecule has 1 saturated heterocycles. The summed E-state index contributed by atoms with van der Waals surface area (Å²) in [6.45, 7) is -0.617. The van der Waals surface area contributed by atoms with Crippen LogP contribution in [0.5, 0.6) is 0 Å². The highest BCUT2D eigenvalue weighted by Crippen LogP contribution is 2.28. The molecule has 1 aliphatic heterocycles. The van der Waals surface area contributed by atoms with Crippen molar-refractivity contribution in [1.29, 1.82) is 0 Å². The molecule has 1 atom stereocenters. The number of rotatable bonds is 7. The maximum atomic E-state index is 12.5. The number of halogens is 1. The summed E-state index contributed by atoms with van der Waals surface area (Å²) in [5.41, 5.74) is -0.0535. The molecule has 0 bridgehead atoms. The van der Waals surface area contributed by atoms with Crippen LogP contribution in [0.2, 0.25) is 0 Å². The van der Waals surface area contributed by atoms with Crippen LogP contribution in [0.15, 0.2) is 44.4 Å². The Morgan fingerprint density at radius 3 is 2.57 bits per heavy atom. The lowest BCUT2D eigenvalue weighted by molar-refractivity contribution is -0.124. The Kier molecular flexibility index (Phi) is 6.84. The van der Waals surface area contributed by atoms with Crippen molar-refractivity contribution in [1.82, 2.24) is 5.32 Å². The summed E-state index contributed by atoms with van der Waals surface area (Å²) in [5, 5.41) is 2.51. The van der Waals surface area contributed by atoms with E-state index in [1.54, 1.807) is 12.1 Å². The van der Waals surface area contributed by atoms with E-state index >= 15 is 0 Å². The van der Waals surface area contributed by atoms with E-state index < -0.39 is 44.4 Å². The molecular weight excluding hydrogens is 520 g/mol. The number of esters is 1. The Morgan fingerprint density at radius 1 is 1.20 bits per heavy atom. The normalized spacial score (nSPS) is 18.0. The van der Waals surface area contributed by atoms with Gasteiger partial charge in [0.25, 0.3) is 15.9 Å². The molecule has 0 spiro atoms. The number of benzene rings is 1. The second-order valence-electron chi connectivity index (χ2n) is 6.45. The van der Waals surface area contributed by atoms with Crippen LogP contribution in [0.4, 0.5) is 5.69 Å². The SMILES string of the molecule is O=C(COC(=O)c1ccccc1NS(=O)(=O)c1ccc(Br)s1)NC1CCS(=O)(=O)C1. The molecule has 162 valence electrons. The van der Waals surface area contributed by atoms with Crippen molar-refractivity contribution in [2.24, 2.45) is 0 Å². The highest BCUT2D eigenvalue weighted by Gasteiger charge is 2.29. The molecule has 3 rings (SSSR count). The fraction of sp³-hybridized carbons (Fsp3) is 0.294. The molecule has 1 unspecified atom stereocenters. The number of amides is 1. The maximum absolute atomic E-state index is 12.5. The Bertz CT molecular complexity index is 1180. The molecule has 30 heavy (non-hydrogen) atoms. The molecule has 1 fully saturated rings. The summed E-state index contributed by atoms with van der Waals surface area (Å²) >= 11 is 4.21. The Morgan fingerprint density at radius 2 is 1.93 bits per heavy atom. The largest absolute Gasteiger partial charge is 0.452 e. The van der Waals surface area contributed by atoms with Crippen LogP contribution in [-0.4, -0.2) is 52.9 Å². The zero-order chi connectivity index (χ0) is 21.9. The molecule has 0 radical (unpaired) electrons. The monoisotopic (exact) mass is 536 g/mol. The van der Waals surface area contributed by atoms with Gasteiger partial charge in [0.15, 0.2) is 16.4 Å². The van der Waals surface area contributed by atoms with Gasteiger partial charge < -0.3 is 10.1 Å². The van der Waals surface area contributed by atoms with Crippen molar-refractivity contribution in [2.45, 2.75) is 16.7 Å². The van der Waals surface area contributed by atoms with E-state index in [2.05, 4.69) is 26.0 Å². The van der Waals surface area contributed by atoms with E-state index in [0.29, 0.717) is 10.2 Å². The molecule has 0 saturated carbocycles. The van der Waals surface area contributed by atoms with Gasteiger partial charge in [-0.15, -0.1) is 11.3 Å². The predicted molar refractivity (Wildman–Crippen MR) is 115 cm³/mol. The molecule has 0 aliphatic carbocycles. The molecule has 1 amide bonds. The highest BCUT2D eigenvalue weighted by atomic mass is 79.9. The van der Waals surface area contributed by atoms with Crippen molar-refractivity contribution in [2.75, 3.05) is 22.8 Å². The molecule has 2 N–H and O–H groups in total. The standard InChI is InChI=1S/C17H17BrN2O7S3/c18-14-5-6-16(28-14)30(25,26)20-13-4-2-1-3-12(13)17(22)27-9-15(21)19-11-7-8-29(23,24)10-11/h1-6,11,20H,7-10H2,(H,19,21). The minimum Gasteiger partial charge on any atom is -0.452 e. The van der Waals surface area contributed by atoms with Crippen LogP contribution in [-0.2, 0) is 29.4 Å². The number of sulfonamides is 1. The van der Waals surface area contributed by atoms with E-state index in [0.717, 1.165) is 11.3 Å². The summed E-state index contributed by atoms with van der Waals surface area (Å²) in [5.74, 6) is -1.66. The number of thiophene rings is 1. The first kappa shape index (κ1) is 22.7. The van der Waals surface area contributed by atoms with Gasteiger partial charge in [0.1, 0.15) is 4.21 Å². The van der Waals surface area contributed by atoms with Crippen LogP contribution < -0.4 is 10.0 Å². The number of anilines is 1. The molecule has 1 aromatic heterocycles. The fourth-order valence-corrected chi connectivity index (χ4v) is 7.54. The summed E-state index contributed by atoms with van der Waals surface area (Å²) in [6, 6.07) is 8.35. The average Bonchev–Trinajstić information content (AvgIpc) is 3.25. The Hall–Kier alpha value is -1.96. The van der Waals surface area contributed by atoms with E-state index in [4.69, 9.17) is 4.74 Å². The van der Waals surface area contributed by atoms with Crippen molar-refractivity contribution in [3.8, 4) is 0 Å². The third kappa shape index (κ3) is 5.80. The smallest absolute Gasteiger partial charge is 0.340 e. The van der Waals surface area contributed by atoms with Crippen LogP contribution in [0.3, 0.4) is 0 Å². The second kappa shape index (κ2) is 9.04. The zero-order valence-electron chi connectivity index (χ0n) is 15.3. The quantitative estimate of drug-likeness (QED) is 0.514. The van der Waals surface area contributed by atoms with Gasteiger partial charge in [-0.1, -0.05) is 12.1 Å². The Labute approximate surface area is 185 Å². The lowest BCUT2D eigenvalue weighted by atomic mass is 10.2. The summed E-state index contributed by atoms with van der Waals surface area (Å²) in [4.78, 5) is 24.3. The summed E-state index contributed by atoms with van der Waals surface area (Å²) in [6.07, 6.45) is 0.311. The molecule has 1 aromatic carbocycles. The van der Waals surface area contributed by atoms with Crippen LogP contribution >= 0.6 is 27.3 Å². The first-order chi connectivity index (χ1) is 14.1. The minimum absolute atomic E-state index is 0.00602. The summed E-state index contributed by atoms with van der Waals surface area (Å²) < 4.78 is 55.9. The number of carbonyl (C=O) groups is 2. The van der Waals surface area contributed by atoms with Gasteiger partial charge in [0.05, 0.1) is 26.5 Å². The van der Waals surface area contributed by atoms with Gasteiger partial charge in [-0.25, -0.2) is 21.6 Å². The molecule has 1 aliphatic rings. The zero-order valence-corrected chi connectivity index (χ0v) is 19.4. The van der Waals surface area contributed by atoms with Gasteiger partial charge in [0.2, 0.25) is 0 Å². The first-order valence-corrected chi connectivity index (χ1v) is 13.5. The minimum atomic E-state index is -3.91. The number of hydrogen-bond donors (Lipinski definition) is 2. The van der Waals surface area contributed by atoms with Gasteiger partial charge in [0, 0.05) is 6.04 Å². The van der Waals surface area contributed by atoms with Crippen molar-refractivity contribution in [3.05, 3.63) is 45.7 Å². The predicted octanol–water partition coefficient (Wildman–Crippen LogP) is 1.77. The lowest BCUT2D eigenvalue weighted by Crippen LogP contribution is -2.38. The number of hydrogen-bond acceptors (Lipinski definition) is 8. The van der Waals surface area contributed by atoms with Crippen LogP contribution in [0.1, 0.15) is 16.8 Å². The number of nitrogens with one attached hydrogen (secondary N) is 2. The topological polar surface area (TPSA) is 136 Å². The number of sulfone groups is 1.